The van der Waals surface area contributed by atoms with Crippen molar-refractivity contribution in [1.82, 2.24) is 19.5 Å². The Morgan fingerprint density at radius 2 is 1.97 bits per heavy atom. The summed E-state index contributed by atoms with van der Waals surface area (Å²) >= 11 is 0. The predicted molar refractivity (Wildman–Crippen MR) is 115 cm³/mol. The highest BCUT2D eigenvalue weighted by Crippen LogP contribution is 2.34. The molecule has 174 valence electrons. The van der Waals surface area contributed by atoms with Crippen LogP contribution in [0.3, 0.4) is 0 Å². The zero-order valence-corrected chi connectivity index (χ0v) is 17.7. The smallest absolute Gasteiger partial charge is 0.256 e. The van der Waals surface area contributed by atoms with Gasteiger partial charge >= 0.3 is 0 Å². The van der Waals surface area contributed by atoms with Gasteiger partial charge in [-0.3, -0.25) is 9.36 Å². The van der Waals surface area contributed by atoms with Crippen LogP contribution in [-0.2, 0) is 9.47 Å². The molecule has 33 heavy (non-hydrogen) atoms. The number of aliphatic hydroxyl groups is 3. The molecule has 3 aromatic rings. The number of amides is 1. The molecule has 5 rings (SSSR count). The number of imidazole rings is 1. The lowest BCUT2D eigenvalue weighted by Crippen LogP contribution is -2.33. The molecule has 11 heteroatoms. The monoisotopic (exact) mass is 455 g/mol. The lowest BCUT2D eigenvalue weighted by Gasteiger charge is -2.22. The van der Waals surface area contributed by atoms with Crippen LogP contribution in [-0.4, -0.2) is 72.3 Å². The number of anilines is 1. The Kier molecular flexibility index (Phi) is 6.04. The average molecular weight is 455 g/mol. The van der Waals surface area contributed by atoms with Crippen LogP contribution in [0, 0.1) is 0 Å². The average Bonchev–Trinajstić information content (AvgIpc) is 3.41. The fraction of sp³-hybridized carbons (Fsp3) is 0.455. The van der Waals surface area contributed by atoms with Gasteiger partial charge in [-0.1, -0.05) is 18.2 Å². The number of carbonyl (C=O) groups excluding carboxylic acids is 1. The Morgan fingerprint density at radius 3 is 2.67 bits per heavy atom. The third-order valence-corrected chi connectivity index (χ3v) is 5.97. The molecule has 2 aromatic heterocycles. The number of nitrogens with zero attached hydrogens (tertiary/aromatic N) is 4. The maximum Gasteiger partial charge on any atom is 0.256 e. The minimum absolute atomic E-state index is 0.212. The van der Waals surface area contributed by atoms with Crippen molar-refractivity contribution in [3.63, 3.8) is 0 Å². The van der Waals surface area contributed by atoms with Crippen molar-refractivity contribution in [2.24, 2.45) is 0 Å². The highest BCUT2D eigenvalue weighted by Gasteiger charge is 2.44. The number of rotatable bonds is 5. The fourth-order valence-corrected chi connectivity index (χ4v) is 4.17. The number of fused-ring (bicyclic) bond motifs is 1. The van der Waals surface area contributed by atoms with Gasteiger partial charge in [-0.05, 0) is 31.4 Å². The van der Waals surface area contributed by atoms with Gasteiger partial charge in [-0.25, -0.2) is 15.0 Å². The largest absolute Gasteiger partial charge is 0.394 e. The number of aliphatic hydroxyl groups excluding tert-OH is 3. The molecular weight excluding hydrogens is 430 g/mol. The molecule has 0 aliphatic carbocycles. The van der Waals surface area contributed by atoms with Gasteiger partial charge in [0, 0.05) is 12.2 Å². The molecule has 2 saturated heterocycles. The molecule has 5 atom stereocenters. The first-order valence-electron chi connectivity index (χ1n) is 10.9. The maximum atomic E-state index is 12.8. The molecule has 0 spiro atoms. The van der Waals surface area contributed by atoms with E-state index in [9.17, 15) is 20.1 Å². The van der Waals surface area contributed by atoms with Crippen LogP contribution in [0.25, 0.3) is 11.2 Å². The molecule has 2 aliphatic rings. The fourth-order valence-electron chi connectivity index (χ4n) is 4.17. The quantitative estimate of drug-likeness (QED) is 0.440. The standard InChI is InChI=1S/C22H25N5O6/c28-10-14-16(29)17(30)22(33-14)27-11-23-15-19(26-21(31)12-6-2-1-3-7-12)24-18(25-20(15)27)13-8-4-5-9-32-13/h1-3,6-7,11,13-14,16-17,22,28-30H,4-5,8-10H2,(H,24,25,26,31)/t13?,14-,16?,17?,22-/m1/s1. The third-order valence-electron chi connectivity index (χ3n) is 5.97. The van der Waals surface area contributed by atoms with Gasteiger partial charge in [-0.15, -0.1) is 0 Å². The van der Waals surface area contributed by atoms with E-state index < -0.39 is 31.1 Å². The molecule has 1 aromatic carbocycles. The molecule has 2 aliphatic heterocycles. The van der Waals surface area contributed by atoms with E-state index in [1.807, 2.05) is 6.07 Å². The highest BCUT2D eigenvalue weighted by molar-refractivity contribution is 6.06. The minimum atomic E-state index is -1.30. The van der Waals surface area contributed by atoms with Crippen LogP contribution in [0.5, 0.6) is 0 Å². The molecule has 0 saturated carbocycles. The van der Waals surface area contributed by atoms with E-state index in [-0.39, 0.29) is 17.8 Å². The number of carbonyl (C=O) groups is 1. The van der Waals surface area contributed by atoms with Crippen molar-refractivity contribution in [3.8, 4) is 0 Å². The summed E-state index contributed by atoms with van der Waals surface area (Å²) in [6, 6.07) is 8.73. The van der Waals surface area contributed by atoms with E-state index in [4.69, 9.17) is 9.47 Å². The number of hydrogen-bond acceptors (Lipinski definition) is 9. The number of benzene rings is 1. The Morgan fingerprint density at radius 1 is 1.15 bits per heavy atom. The van der Waals surface area contributed by atoms with Crippen molar-refractivity contribution in [2.45, 2.75) is 49.9 Å². The molecule has 0 bridgehead atoms. The molecule has 1 amide bonds. The lowest BCUT2D eigenvalue weighted by atomic mass is 10.1. The summed E-state index contributed by atoms with van der Waals surface area (Å²) in [6.07, 6.45) is -0.809. The predicted octanol–water partition coefficient (Wildman–Crippen LogP) is 0.932. The van der Waals surface area contributed by atoms with Crippen LogP contribution in [0.15, 0.2) is 36.7 Å². The Balaban J connectivity index is 1.56. The summed E-state index contributed by atoms with van der Waals surface area (Å²) in [4.78, 5) is 26.4. The summed E-state index contributed by atoms with van der Waals surface area (Å²) in [5.74, 6) is 0.246. The normalized spacial score (nSPS) is 27.7. The Hall–Kier alpha value is -2.96. The van der Waals surface area contributed by atoms with E-state index >= 15 is 0 Å². The molecule has 4 N–H and O–H groups in total. The molecule has 4 heterocycles. The van der Waals surface area contributed by atoms with Gasteiger partial charge in [0.05, 0.1) is 12.9 Å². The van der Waals surface area contributed by atoms with E-state index in [0.29, 0.717) is 29.2 Å². The van der Waals surface area contributed by atoms with E-state index in [1.54, 1.807) is 24.3 Å². The SMILES string of the molecule is O=C(Nc1nc(C2CCCCO2)nc2c1ncn2[C@@H]1O[C@H](CO)C(O)C1O)c1ccccc1. The first-order valence-corrected chi connectivity index (χ1v) is 10.9. The van der Waals surface area contributed by atoms with Crippen molar-refractivity contribution in [1.29, 1.82) is 0 Å². The number of aromatic nitrogens is 4. The second-order valence-electron chi connectivity index (χ2n) is 8.16. The van der Waals surface area contributed by atoms with E-state index in [0.717, 1.165) is 19.3 Å². The van der Waals surface area contributed by atoms with Crippen LogP contribution < -0.4 is 5.32 Å². The number of ether oxygens (including phenoxy) is 2. The van der Waals surface area contributed by atoms with Gasteiger partial charge in [0.2, 0.25) is 0 Å². The topological polar surface area (TPSA) is 152 Å². The zero-order chi connectivity index (χ0) is 22.9. The lowest BCUT2D eigenvalue weighted by molar-refractivity contribution is -0.0511. The van der Waals surface area contributed by atoms with Crippen LogP contribution >= 0.6 is 0 Å². The van der Waals surface area contributed by atoms with Gasteiger partial charge in [0.1, 0.15) is 24.4 Å². The van der Waals surface area contributed by atoms with Gasteiger partial charge in [0.25, 0.3) is 5.91 Å². The molecule has 0 radical (unpaired) electrons. The second-order valence-corrected chi connectivity index (χ2v) is 8.16. The summed E-state index contributed by atoms with van der Waals surface area (Å²) in [5, 5.41) is 32.9. The number of nitrogens with one attached hydrogen (secondary N) is 1. The number of hydrogen-bond donors (Lipinski definition) is 4. The summed E-state index contributed by atoms with van der Waals surface area (Å²) in [7, 11) is 0. The summed E-state index contributed by atoms with van der Waals surface area (Å²) < 4.78 is 13.0. The van der Waals surface area contributed by atoms with Crippen molar-refractivity contribution < 1.29 is 29.6 Å². The highest BCUT2D eigenvalue weighted by atomic mass is 16.6. The van der Waals surface area contributed by atoms with Crippen molar-refractivity contribution in [3.05, 3.63) is 48.0 Å². The van der Waals surface area contributed by atoms with Gasteiger partial charge < -0.3 is 30.1 Å². The molecular formula is C22H25N5O6. The summed E-state index contributed by atoms with van der Waals surface area (Å²) in [6.45, 7) is 0.141. The maximum absolute atomic E-state index is 12.8. The van der Waals surface area contributed by atoms with E-state index in [1.165, 1.54) is 10.9 Å². The van der Waals surface area contributed by atoms with Crippen LogP contribution in [0.4, 0.5) is 5.82 Å². The van der Waals surface area contributed by atoms with Gasteiger partial charge in [-0.2, -0.15) is 0 Å². The first kappa shape index (κ1) is 21.9. The van der Waals surface area contributed by atoms with Crippen LogP contribution in [0.2, 0.25) is 0 Å². The Bertz CT molecular complexity index is 1130. The molecule has 3 unspecified atom stereocenters. The van der Waals surface area contributed by atoms with Crippen molar-refractivity contribution in [2.75, 3.05) is 18.5 Å². The van der Waals surface area contributed by atoms with Gasteiger partial charge in [0.15, 0.2) is 29.0 Å². The molecule has 11 nitrogen and oxygen atoms in total. The van der Waals surface area contributed by atoms with Crippen molar-refractivity contribution >= 4 is 22.9 Å². The minimum Gasteiger partial charge on any atom is -0.394 e. The second kappa shape index (κ2) is 9.12. The first-order chi connectivity index (χ1) is 16.1. The third kappa shape index (κ3) is 4.09. The zero-order valence-electron chi connectivity index (χ0n) is 17.7. The Labute approximate surface area is 189 Å². The summed E-state index contributed by atoms with van der Waals surface area (Å²) in [5.41, 5.74) is 1.08. The van der Waals surface area contributed by atoms with E-state index in [2.05, 4.69) is 20.3 Å². The van der Waals surface area contributed by atoms with Crippen LogP contribution in [0.1, 0.15) is 47.8 Å². The molecule has 2 fully saturated rings.